The van der Waals surface area contributed by atoms with Crippen LogP contribution in [0.5, 0.6) is 0 Å². The zero-order valence-corrected chi connectivity index (χ0v) is 47.1. The Morgan fingerprint density at radius 2 is 0.917 bits per heavy atom. The SMILES string of the molecule is CCCCCCC/C=C\C/C=C\CCCCCCCCCCCCCCCC(=O)OC(COCCCCCCCCCCCCCCCCCCCCCC)COC1OC(CO)C(O)C(OS(=O)(=O)O)C1O. The lowest BCUT2D eigenvalue weighted by Gasteiger charge is -2.41. The van der Waals surface area contributed by atoms with E-state index in [2.05, 4.69) is 42.3 Å². The van der Waals surface area contributed by atoms with Crippen LogP contribution in [0.4, 0.5) is 0 Å². The van der Waals surface area contributed by atoms with Crippen molar-refractivity contribution in [3.05, 3.63) is 24.3 Å². The highest BCUT2D eigenvalue weighted by atomic mass is 32.3. The number of aliphatic hydroxyl groups excluding tert-OH is 3. The molecule has 72 heavy (non-hydrogen) atoms. The fraction of sp³-hybridized carbons (Fsp3) is 0.915. The van der Waals surface area contributed by atoms with E-state index in [1.165, 1.54) is 212 Å². The molecule has 12 nitrogen and oxygen atoms in total. The number of carbonyl (C=O) groups is 1. The van der Waals surface area contributed by atoms with Crippen molar-refractivity contribution >= 4 is 16.4 Å². The maximum Gasteiger partial charge on any atom is 0.397 e. The fourth-order valence-corrected chi connectivity index (χ4v) is 10.0. The van der Waals surface area contributed by atoms with E-state index in [0.29, 0.717) is 13.0 Å². The molecule has 0 aromatic heterocycles. The summed E-state index contributed by atoms with van der Waals surface area (Å²) in [6.45, 7) is 4.05. The summed E-state index contributed by atoms with van der Waals surface area (Å²) < 4.78 is 59.5. The van der Waals surface area contributed by atoms with Crippen molar-refractivity contribution in [2.24, 2.45) is 0 Å². The molecule has 0 saturated carbocycles. The molecule has 1 aliphatic rings. The van der Waals surface area contributed by atoms with Crippen molar-refractivity contribution in [1.82, 2.24) is 0 Å². The maximum atomic E-state index is 13.0. The van der Waals surface area contributed by atoms with Gasteiger partial charge in [-0.2, -0.15) is 8.42 Å². The van der Waals surface area contributed by atoms with Gasteiger partial charge >= 0.3 is 16.4 Å². The van der Waals surface area contributed by atoms with Crippen LogP contribution in [-0.4, -0.2) is 97.5 Å². The Labute approximate surface area is 441 Å². The summed E-state index contributed by atoms with van der Waals surface area (Å²) in [5, 5.41) is 30.9. The van der Waals surface area contributed by atoms with Gasteiger partial charge in [-0.25, -0.2) is 4.18 Å². The molecule has 1 aliphatic heterocycles. The Kier molecular flexibility index (Phi) is 48.0. The first-order valence-corrected chi connectivity index (χ1v) is 31.5. The third-order valence-corrected chi connectivity index (χ3v) is 14.5. The van der Waals surface area contributed by atoms with Gasteiger partial charge in [-0.3, -0.25) is 9.35 Å². The molecule has 0 bridgehead atoms. The topological polar surface area (TPSA) is 178 Å². The number of unbranched alkanes of at least 4 members (excludes halogenated alkanes) is 37. The number of hydrogen-bond acceptors (Lipinski definition) is 11. The number of rotatable bonds is 54. The van der Waals surface area contributed by atoms with Crippen molar-refractivity contribution in [2.45, 2.75) is 320 Å². The zero-order valence-electron chi connectivity index (χ0n) is 46.3. The van der Waals surface area contributed by atoms with E-state index in [0.717, 1.165) is 44.9 Å². The monoisotopic (exact) mass is 1040 g/mol. The van der Waals surface area contributed by atoms with Crippen molar-refractivity contribution < 1.29 is 56.2 Å². The van der Waals surface area contributed by atoms with Crippen molar-refractivity contribution in [1.29, 1.82) is 0 Å². The number of carbonyl (C=O) groups excluding carboxylic acids is 1. The third-order valence-electron chi connectivity index (χ3n) is 14.1. The van der Waals surface area contributed by atoms with Gasteiger partial charge in [-0.05, 0) is 44.9 Å². The molecular formula is C59H112O12S. The molecule has 6 unspecified atom stereocenters. The lowest BCUT2D eigenvalue weighted by atomic mass is 9.99. The molecule has 1 rings (SSSR count). The molecule has 0 radical (unpaired) electrons. The first-order valence-electron chi connectivity index (χ1n) is 30.1. The van der Waals surface area contributed by atoms with E-state index in [-0.39, 0.29) is 19.6 Å². The van der Waals surface area contributed by atoms with Crippen molar-refractivity contribution in [2.75, 3.05) is 26.4 Å². The second-order valence-corrected chi connectivity index (χ2v) is 22.0. The molecule has 0 spiro atoms. The van der Waals surface area contributed by atoms with Gasteiger partial charge in [0.25, 0.3) is 0 Å². The van der Waals surface area contributed by atoms with Gasteiger partial charge in [-0.15, -0.1) is 0 Å². The molecule has 0 aromatic rings. The van der Waals surface area contributed by atoms with Crippen LogP contribution in [0.25, 0.3) is 0 Å². The Balaban J connectivity index is 2.26. The Morgan fingerprint density at radius 1 is 0.528 bits per heavy atom. The van der Waals surface area contributed by atoms with Crippen LogP contribution < -0.4 is 0 Å². The van der Waals surface area contributed by atoms with E-state index in [4.69, 9.17) is 18.9 Å². The lowest BCUT2D eigenvalue weighted by Crippen LogP contribution is -2.60. The van der Waals surface area contributed by atoms with E-state index in [1.54, 1.807) is 0 Å². The summed E-state index contributed by atoms with van der Waals surface area (Å²) in [7, 11) is -5.07. The van der Waals surface area contributed by atoms with Crippen LogP contribution >= 0.6 is 0 Å². The van der Waals surface area contributed by atoms with Gasteiger partial charge in [0.2, 0.25) is 0 Å². The normalized spacial score (nSPS) is 19.0. The summed E-state index contributed by atoms with van der Waals surface area (Å²) >= 11 is 0. The van der Waals surface area contributed by atoms with Gasteiger partial charge in [-0.1, -0.05) is 256 Å². The minimum atomic E-state index is -5.07. The minimum Gasteiger partial charge on any atom is -0.457 e. The quantitative estimate of drug-likeness (QED) is 0.0196. The van der Waals surface area contributed by atoms with Crippen LogP contribution in [0.1, 0.15) is 284 Å². The van der Waals surface area contributed by atoms with Gasteiger partial charge < -0.3 is 34.3 Å². The Morgan fingerprint density at radius 3 is 1.32 bits per heavy atom. The van der Waals surface area contributed by atoms with Crippen molar-refractivity contribution in [3.8, 4) is 0 Å². The second kappa shape index (κ2) is 50.4. The smallest absolute Gasteiger partial charge is 0.397 e. The molecule has 1 saturated heterocycles. The van der Waals surface area contributed by atoms with Gasteiger partial charge in [0.1, 0.15) is 30.5 Å². The van der Waals surface area contributed by atoms with Crippen LogP contribution in [0, 0.1) is 0 Å². The van der Waals surface area contributed by atoms with Crippen LogP contribution in [0.2, 0.25) is 0 Å². The molecule has 0 amide bonds. The van der Waals surface area contributed by atoms with Crippen LogP contribution in [0.3, 0.4) is 0 Å². The predicted octanol–water partition coefficient (Wildman–Crippen LogP) is 15.1. The summed E-state index contributed by atoms with van der Waals surface area (Å²) in [6, 6.07) is 0. The highest BCUT2D eigenvalue weighted by Crippen LogP contribution is 2.26. The minimum absolute atomic E-state index is 0.0416. The Hall–Kier alpha value is -1.42. The molecule has 6 atom stereocenters. The average Bonchev–Trinajstić information content (AvgIpc) is 3.36. The standard InChI is InChI=1S/C59H112O12S/c1-3-5-7-9-11-13-15-17-19-21-23-25-26-27-28-29-30-32-34-36-38-40-42-44-46-48-55(61)69-53(52-68-59-57(63)58(71-72(64,65)66)56(62)54(50-60)70-59)51-67-49-47-45-43-41-39-37-35-33-31-24-22-20-18-16-14-12-10-8-6-4-2/h15,17,21,23,53-54,56-60,62-63H,3-14,16,18-20,22,24-52H2,1-2H3,(H,64,65,66)/b17-15-,23-21-. The number of allylic oxidation sites excluding steroid dienone is 4. The summed E-state index contributed by atoms with van der Waals surface area (Å²) in [4.78, 5) is 13.0. The summed E-state index contributed by atoms with van der Waals surface area (Å²) in [5.41, 5.74) is 0. The largest absolute Gasteiger partial charge is 0.457 e. The average molecular weight is 1050 g/mol. The summed E-state index contributed by atoms with van der Waals surface area (Å²) in [5.74, 6) is -0.393. The molecule has 0 aromatic carbocycles. The van der Waals surface area contributed by atoms with E-state index in [9.17, 15) is 33.1 Å². The van der Waals surface area contributed by atoms with Gasteiger partial charge in [0.15, 0.2) is 6.29 Å². The molecule has 0 aliphatic carbocycles. The number of hydrogen-bond donors (Lipinski definition) is 4. The first kappa shape index (κ1) is 68.6. The molecule has 1 heterocycles. The highest BCUT2D eigenvalue weighted by Gasteiger charge is 2.48. The molecule has 4 N–H and O–H groups in total. The number of esters is 1. The highest BCUT2D eigenvalue weighted by molar-refractivity contribution is 7.80. The van der Waals surface area contributed by atoms with E-state index in [1.807, 2.05) is 0 Å². The third kappa shape index (κ3) is 42.8. The first-order chi connectivity index (χ1) is 35.1. The fourth-order valence-electron chi connectivity index (χ4n) is 9.53. The predicted molar refractivity (Wildman–Crippen MR) is 294 cm³/mol. The molecule has 1 fully saturated rings. The Bertz CT molecular complexity index is 1340. The number of aliphatic hydroxyl groups is 3. The van der Waals surface area contributed by atoms with Crippen LogP contribution in [-0.2, 0) is 38.3 Å². The van der Waals surface area contributed by atoms with Gasteiger partial charge in [0.05, 0.1) is 19.8 Å². The molecular weight excluding hydrogens is 933 g/mol. The van der Waals surface area contributed by atoms with E-state index < -0.39 is 59.8 Å². The maximum absolute atomic E-state index is 13.0. The molecule has 426 valence electrons. The summed E-state index contributed by atoms with van der Waals surface area (Å²) in [6.07, 6.45) is 52.2. The van der Waals surface area contributed by atoms with Crippen LogP contribution in [0.15, 0.2) is 24.3 Å². The van der Waals surface area contributed by atoms with Crippen molar-refractivity contribution in [3.63, 3.8) is 0 Å². The molecule has 13 heteroatoms. The van der Waals surface area contributed by atoms with E-state index >= 15 is 0 Å². The number of ether oxygens (including phenoxy) is 4. The van der Waals surface area contributed by atoms with Gasteiger partial charge in [0, 0.05) is 13.0 Å². The zero-order chi connectivity index (χ0) is 52.4. The second-order valence-electron chi connectivity index (χ2n) is 20.9. The lowest BCUT2D eigenvalue weighted by molar-refractivity contribution is -0.301.